The van der Waals surface area contributed by atoms with Crippen LogP contribution >= 0.6 is 0 Å². The van der Waals surface area contributed by atoms with Gasteiger partial charge in [0.15, 0.2) is 0 Å². The summed E-state index contributed by atoms with van der Waals surface area (Å²) in [6.45, 7) is 6.88. The number of rotatable bonds is 4. The van der Waals surface area contributed by atoms with E-state index >= 15 is 0 Å². The van der Waals surface area contributed by atoms with E-state index < -0.39 is 0 Å². The molecule has 0 aliphatic heterocycles. The Morgan fingerprint density at radius 3 is 2.27 bits per heavy atom. The van der Waals surface area contributed by atoms with Gasteiger partial charge in [-0.05, 0) is 46.4 Å². The molecule has 2 aromatic rings. The second-order valence-corrected chi connectivity index (χ2v) is 6.41. The van der Waals surface area contributed by atoms with Gasteiger partial charge in [0.05, 0.1) is 13.7 Å². The fourth-order valence-electron chi connectivity index (χ4n) is 2.56. The molecule has 0 aliphatic carbocycles. The van der Waals surface area contributed by atoms with Crippen molar-refractivity contribution in [2.45, 2.75) is 32.8 Å². The molecular weight excluding hydrogens is 279 g/mol. The van der Waals surface area contributed by atoms with Crippen molar-refractivity contribution < 1.29 is 13.9 Å². The Balaban J connectivity index is 2.68. The summed E-state index contributed by atoms with van der Waals surface area (Å²) in [5, 5.41) is 0. The number of hydrogen-bond donors (Lipinski definition) is 0. The minimum Gasteiger partial charge on any atom is -0.497 e. The lowest BCUT2D eigenvalue weighted by Crippen LogP contribution is -2.13. The monoisotopic (exact) mass is 302 g/mol. The molecule has 2 rings (SSSR count). The molecule has 0 bridgehead atoms. The van der Waals surface area contributed by atoms with E-state index in [9.17, 15) is 4.39 Å². The molecule has 0 N–H and O–H groups in total. The Morgan fingerprint density at radius 2 is 1.68 bits per heavy atom. The van der Waals surface area contributed by atoms with E-state index in [2.05, 4.69) is 26.8 Å². The molecule has 0 amide bonds. The molecule has 118 valence electrons. The Hall–Kier alpha value is -1.87. The van der Waals surface area contributed by atoms with Crippen LogP contribution in [0.2, 0.25) is 0 Å². The number of halogens is 1. The molecule has 22 heavy (non-hydrogen) atoms. The van der Waals surface area contributed by atoms with Gasteiger partial charge in [-0.15, -0.1) is 0 Å². The first kappa shape index (κ1) is 16.5. The fraction of sp³-hybridized carbons (Fsp3) is 0.368. The van der Waals surface area contributed by atoms with E-state index in [1.54, 1.807) is 26.4 Å². The lowest BCUT2D eigenvalue weighted by Gasteiger charge is -2.24. The van der Waals surface area contributed by atoms with Gasteiger partial charge in [-0.2, -0.15) is 0 Å². The van der Waals surface area contributed by atoms with E-state index in [0.717, 1.165) is 16.7 Å². The van der Waals surface area contributed by atoms with Crippen LogP contribution in [0.3, 0.4) is 0 Å². The van der Waals surface area contributed by atoms with Gasteiger partial charge in [0.2, 0.25) is 0 Å². The molecule has 0 aliphatic rings. The fourth-order valence-corrected chi connectivity index (χ4v) is 2.56. The maximum Gasteiger partial charge on any atom is 0.131 e. The van der Waals surface area contributed by atoms with Crippen LogP contribution in [0.5, 0.6) is 5.75 Å². The van der Waals surface area contributed by atoms with Crippen LogP contribution in [0.1, 0.15) is 31.9 Å². The van der Waals surface area contributed by atoms with Crippen LogP contribution in [-0.2, 0) is 16.8 Å². The zero-order chi connectivity index (χ0) is 16.3. The van der Waals surface area contributed by atoms with Crippen LogP contribution in [0, 0.1) is 5.82 Å². The zero-order valence-electron chi connectivity index (χ0n) is 13.9. The Labute approximate surface area is 131 Å². The highest BCUT2D eigenvalue weighted by molar-refractivity contribution is 5.71. The van der Waals surface area contributed by atoms with Crippen LogP contribution in [-0.4, -0.2) is 14.2 Å². The standard InChI is InChI=1S/C19H23FO2/c1-19(2,3)17-8-6-13(12-21-4)10-15(17)16-11-14(22-5)7-9-18(16)20/h6-11H,12H2,1-5H3. The Bertz CT molecular complexity index is 657. The topological polar surface area (TPSA) is 18.5 Å². The van der Waals surface area contributed by atoms with Crippen LogP contribution in [0.25, 0.3) is 11.1 Å². The Morgan fingerprint density at radius 1 is 0.955 bits per heavy atom. The van der Waals surface area contributed by atoms with Gasteiger partial charge in [-0.1, -0.05) is 32.9 Å². The maximum atomic E-state index is 14.4. The van der Waals surface area contributed by atoms with Crippen molar-refractivity contribution in [1.82, 2.24) is 0 Å². The first-order valence-corrected chi connectivity index (χ1v) is 7.33. The van der Waals surface area contributed by atoms with Crippen LogP contribution < -0.4 is 4.74 Å². The lowest BCUT2D eigenvalue weighted by atomic mass is 9.81. The molecule has 0 radical (unpaired) electrons. The minimum absolute atomic E-state index is 0.0869. The Kier molecular flexibility index (Phi) is 4.87. The van der Waals surface area contributed by atoms with E-state index in [4.69, 9.17) is 9.47 Å². The van der Waals surface area contributed by atoms with Crippen LogP contribution in [0.4, 0.5) is 4.39 Å². The van der Waals surface area contributed by atoms with E-state index in [1.807, 2.05) is 12.1 Å². The number of benzene rings is 2. The summed E-state index contributed by atoms with van der Waals surface area (Å²) < 4.78 is 24.8. The normalized spacial score (nSPS) is 11.5. The molecular formula is C19H23FO2. The molecule has 0 heterocycles. The van der Waals surface area contributed by atoms with Crippen molar-refractivity contribution in [1.29, 1.82) is 0 Å². The SMILES string of the molecule is COCc1ccc(C(C)(C)C)c(-c2cc(OC)ccc2F)c1. The molecule has 0 saturated heterocycles. The number of ether oxygens (including phenoxy) is 2. The summed E-state index contributed by atoms with van der Waals surface area (Å²) in [5.74, 6) is 0.397. The smallest absolute Gasteiger partial charge is 0.131 e. The predicted molar refractivity (Wildman–Crippen MR) is 87.8 cm³/mol. The summed E-state index contributed by atoms with van der Waals surface area (Å²) in [5.41, 5.74) is 3.48. The molecule has 0 unspecified atom stereocenters. The average molecular weight is 302 g/mol. The summed E-state index contributed by atoms with van der Waals surface area (Å²) in [6.07, 6.45) is 0. The molecule has 2 nitrogen and oxygen atoms in total. The second kappa shape index (κ2) is 6.49. The van der Waals surface area contributed by atoms with Crippen molar-refractivity contribution in [3.8, 4) is 16.9 Å². The predicted octanol–water partition coefficient (Wildman–Crippen LogP) is 4.95. The van der Waals surface area contributed by atoms with Gasteiger partial charge >= 0.3 is 0 Å². The first-order valence-electron chi connectivity index (χ1n) is 7.33. The van der Waals surface area contributed by atoms with Crippen molar-refractivity contribution >= 4 is 0 Å². The second-order valence-electron chi connectivity index (χ2n) is 6.41. The highest BCUT2D eigenvalue weighted by atomic mass is 19.1. The average Bonchev–Trinajstić information content (AvgIpc) is 2.47. The van der Waals surface area contributed by atoms with Gasteiger partial charge < -0.3 is 9.47 Å². The number of methoxy groups -OCH3 is 2. The summed E-state index contributed by atoms with van der Waals surface area (Å²) in [4.78, 5) is 0. The van der Waals surface area contributed by atoms with Crippen molar-refractivity contribution in [2.75, 3.05) is 14.2 Å². The third-order valence-electron chi connectivity index (χ3n) is 3.67. The molecule has 0 spiro atoms. The van der Waals surface area contributed by atoms with Gasteiger partial charge in [0.25, 0.3) is 0 Å². The van der Waals surface area contributed by atoms with E-state index in [0.29, 0.717) is 17.9 Å². The first-order chi connectivity index (χ1) is 10.4. The van der Waals surface area contributed by atoms with Crippen molar-refractivity contribution in [3.05, 3.63) is 53.3 Å². The van der Waals surface area contributed by atoms with Crippen molar-refractivity contribution in [3.63, 3.8) is 0 Å². The van der Waals surface area contributed by atoms with Gasteiger partial charge in [0.1, 0.15) is 11.6 Å². The molecule has 0 fully saturated rings. The summed E-state index contributed by atoms with van der Waals surface area (Å²) >= 11 is 0. The van der Waals surface area contributed by atoms with Gasteiger partial charge in [-0.3, -0.25) is 0 Å². The third-order valence-corrected chi connectivity index (χ3v) is 3.67. The molecule has 0 atom stereocenters. The highest BCUT2D eigenvalue weighted by Crippen LogP contribution is 2.36. The zero-order valence-corrected chi connectivity index (χ0v) is 13.9. The van der Waals surface area contributed by atoms with E-state index in [1.165, 1.54) is 6.07 Å². The van der Waals surface area contributed by atoms with Gasteiger partial charge in [0, 0.05) is 12.7 Å². The minimum atomic E-state index is -0.249. The lowest BCUT2D eigenvalue weighted by molar-refractivity contribution is 0.185. The summed E-state index contributed by atoms with van der Waals surface area (Å²) in [7, 11) is 3.24. The van der Waals surface area contributed by atoms with E-state index in [-0.39, 0.29) is 11.2 Å². The quantitative estimate of drug-likeness (QED) is 0.796. The maximum absolute atomic E-state index is 14.4. The summed E-state index contributed by atoms with van der Waals surface area (Å²) in [6, 6.07) is 10.9. The van der Waals surface area contributed by atoms with Crippen molar-refractivity contribution in [2.24, 2.45) is 0 Å². The highest BCUT2D eigenvalue weighted by Gasteiger charge is 2.21. The molecule has 3 heteroatoms. The van der Waals surface area contributed by atoms with Crippen LogP contribution in [0.15, 0.2) is 36.4 Å². The molecule has 0 aromatic heterocycles. The van der Waals surface area contributed by atoms with Gasteiger partial charge in [-0.25, -0.2) is 4.39 Å². The largest absolute Gasteiger partial charge is 0.497 e. The molecule has 0 saturated carbocycles. The number of hydrogen-bond acceptors (Lipinski definition) is 2. The molecule has 2 aromatic carbocycles. The third kappa shape index (κ3) is 3.47.